The van der Waals surface area contributed by atoms with Crippen molar-refractivity contribution in [1.29, 1.82) is 0 Å². The fourth-order valence-corrected chi connectivity index (χ4v) is 2.25. The molecule has 0 bridgehead atoms. The summed E-state index contributed by atoms with van der Waals surface area (Å²) in [5.41, 5.74) is 1.50. The fourth-order valence-electron chi connectivity index (χ4n) is 2.25. The minimum atomic E-state index is -0.489. The summed E-state index contributed by atoms with van der Waals surface area (Å²) in [6.45, 7) is 0. The van der Waals surface area contributed by atoms with Crippen molar-refractivity contribution in [3.8, 4) is 5.69 Å². The van der Waals surface area contributed by atoms with Crippen molar-refractivity contribution in [2.45, 2.75) is 0 Å². The maximum absolute atomic E-state index is 12.2. The highest BCUT2D eigenvalue weighted by atomic mass is 16.6. The molecule has 0 atom stereocenters. The smallest absolute Gasteiger partial charge is 0.276 e. The zero-order valence-corrected chi connectivity index (χ0v) is 12.9. The number of anilines is 1. The summed E-state index contributed by atoms with van der Waals surface area (Å²) in [7, 11) is 0. The molecule has 0 radical (unpaired) electrons. The molecule has 0 aliphatic heterocycles. The Morgan fingerprint density at radius 2 is 1.92 bits per heavy atom. The van der Waals surface area contributed by atoms with Crippen molar-refractivity contribution in [2.24, 2.45) is 0 Å². The minimum absolute atomic E-state index is 0.0606. The Labute approximate surface area is 142 Å². The van der Waals surface area contributed by atoms with Gasteiger partial charge in [0, 0.05) is 12.1 Å². The van der Waals surface area contributed by atoms with Crippen LogP contribution >= 0.6 is 0 Å². The molecule has 0 spiro atoms. The lowest BCUT2D eigenvalue weighted by atomic mass is 10.1. The zero-order chi connectivity index (χ0) is 17.6. The molecular formula is C17H13N5O3. The molecule has 0 saturated carbocycles. The topological polar surface area (TPSA) is 103 Å². The summed E-state index contributed by atoms with van der Waals surface area (Å²) in [6.07, 6.45) is 5.58. The Morgan fingerprint density at radius 3 is 2.68 bits per heavy atom. The van der Waals surface area contributed by atoms with E-state index in [4.69, 9.17) is 0 Å². The van der Waals surface area contributed by atoms with Crippen LogP contribution in [0, 0.1) is 10.1 Å². The van der Waals surface area contributed by atoms with Gasteiger partial charge in [-0.05, 0) is 24.3 Å². The van der Waals surface area contributed by atoms with E-state index in [1.807, 2.05) is 6.07 Å². The molecule has 3 aromatic rings. The van der Waals surface area contributed by atoms with Gasteiger partial charge in [-0.1, -0.05) is 24.3 Å². The Morgan fingerprint density at radius 1 is 1.16 bits per heavy atom. The number of hydrogen-bond donors (Lipinski definition) is 1. The van der Waals surface area contributed by atoms with E-state index in [1.165, 1.54) is 35.6 Å². The third kappa shape index (κ3) is 3.75. The number of nitro benzene ring substituents is 1. The van der Waals surface area contributed by atoms with Crippen LogP contribution < -0.4 is 5.32 Å². The number of carbonyl (C=O) groups is 1. The zero-order valence-electron chi connectivity index (χ0n) is 12.9. The van der Waals surface area contributed by atoms with E-state index < -0.39 is 10.8 Å². The van der Waals surface area contributed by atoms with E-state index in [-0.39, 0.29) is 5.69 Å². The van der Waals surface area contributed by atoms with Gasteiger partial charge in [0.25, 0.3) is 5.69 Å². The van der Waals surface area contributed by atoms with Crippen molar-refractivity contribution in [2.75, 3.05) is 5.32 Å². The van der Waals surface area contributed by atoms with Crippen LogP contribution in [0.2, 0.25) is 0 Å². The van der Waals surface area contributed by atoms with Crippen molar-refractivity contribution in [3.05, 3.63) is 82.9 Å². The molecule has 0 aliphatic carbocycles. The van der Waals surface area contributed by atoms with Crippen LogP contribution in [-0.4, -0.2) is 25.6 Å². The lowest BCUT2D eigenvalue weighted by molar-refractivity contribution is -0.385. The van der Waals surface area contributed by atoms with Crippen molar-refractivity contribution < 1.29 is 9.72 Å². The van der Waals surface area contributed by atoms with Gasteiger partial charge >= 0.3 is 0 Å². The second-order valence-corrected chi connectivity index (χ2v) is 5.00. The third-order valence-electron chi connectivity index (χ3n) is 3.38. The molecule has 25 heavy (non-hydrogen) atoms. The fraction of sp³-hybridized carbons (Fsp3) is 0. The molecular weight excluding hydrogens is 322 g/mol. The number of para-hydroxylation sites is 3. The first-order valence-electron chi connectivity index (χ1n) is 7.31. The largest absolute Gasteiger partial charge is 0.321 e. The van der Waals surface area contributed by atoms with Gasteiger partial charge in [-0.25, -0.2) is 9.67 Å². The normalized spacial score (nSPS) is 10.7. The van der Waals surface area contributed by atoms with Gasteiger partial charge < -0.3 is 5.32 Å². The number of amides is 1. The van der Waals surface area contributed by atoms with E-state index >= 15 is 0 Å². The van der Waals surface area contributed by atoms with Gasteiger partial charge in [0.1, 0.15) is 12.7 Å². The molecule has 1 N–H and O–H groups in total. The Balaban J connectivity index is 1.80. The summed E-state index contributed by atoms with van der Waals surface area (Å²) in [6, 6.07) is 13.3. The molecule has 8 nitrogen and oxygen atoms in total. The third-order valence-corrected chi connectivity index (χ3v) is 3.38. The molecule has 8 heteroatoms. The van der Waals surface area contributed by atoms with E-state index in [1.54, 1.807) is 36.4 Å². The quantitative estimate of drug-likeness (QED) is 0.439. The average Bonchev–Trinajstić information content (AvgIpc) is 3.15. The highest BCUT2D eigenvalue weighted by molar-refractivity contribution is 6.03. The molecule has 0 aliphatic rings. The van der Waals surface area contributed by atoms with Crippen LogP contribution in [0.3, 0.4) is 0 Å². The molecule has 2 aromatic carbocycles. The molecule has 0 fully saturated rings. The standard InChI is InChI=1S/C17H13N5O3/c23-17(10-9-13-5-1-3-7-15(13)22(24)25)20-14-6-2-4-8-16(14)21-12-18-11-19-21/h1-12H,(H,20,23)/b10-9+. The van der Waals surface area contributed by atoms with E-state index in [0.717, 1.165) is 0 Å². The van der Waals surface area contributed by atoms with Crippen molar-refractivity contribution >= 4 is 23.4 Å². The average molecular weight is 335 g/mol. The number of nitro groups is 1. The maximum Gasteiger partial charge on any atom is 0.276 e. The lowest BCUT2D eigenvalue weighted by Gasteiger charge is -2.08. The van der Waals surface area contributed by atoms with Gasteiger partial charge in [0.2, 0.25) is 5.91 Å². The van der Waals surface area contributed by atoms with Gasteiger partial charge in [-0.2, -0.15) is 5.10 Å². The van der Waals surface area contributed by atoms with Gasteiger partial charge in [0.05, 0.1) is 21.9 Å². The number of carbonyl (C=O) groups excluding carboxylic acids is 1. The Kier molecular flexibility index (Phi) is 4.61. The molecule has 0 unspecified atom stereocenters. The summed E-state index contributed by atoms with van der Waals surface area (Å²) in [5, 5.41) is 17.8. The highest BCUT2D eigenvalue weighted by Gasteiger charge is 2.10. The molecule has 1 amide bonds. The first-order valence-corrected chi connectivity index (χ1v) is 7.31. The van der Waals surface area contributed by atoms with E-state index in [0.29, 0.717) is 16.9 Å². The number of hydrogen-bond acceptors (Lipinski definition) is 5. The highest BCUT2D eigenvalue weighted by Crippen LogP contribution is 2.20. The maximum atomic E-state index is 12.2. The monoisotopic (exact) mass is 335 g/mol. The summed E-state index contributed by atoms with van der Waals surface area (Å²) in [5.74, 6) is -0.411. The van der Waals surface area contributed by atoms with Gasteiger partial charge in [0.15, 0.2) is 0 Å². The van der Waals surface area contributed by atoms with Crippen LogP contribution in [0.15, 0.2) is 67.3 Å². The van der Waals surface area contributed by atoms with Crippen molar-refractivity contribution in [1.82, 2.24) is 14.8 Å². The molecule has 1 heterocycles. The predicted molar refractivity (Wildman–Crippen MR) is 92.1 cm³/mol. The van der Waals surface area contributed by atoms with Crippen LogP contribution in [0.5, 0.6) is 0 Å². The minimum Gasteiger partial charge on any atom is -0.321 e. The Bertz CT molecular complexity index is 935. The number of rotatable bonds is 5. The van der Waals surface area contributed by atoms with Crippen LogP contribution in [0.4, 0.5) is 11.4 Å². The van der Waals surface area contributed by atoms with Crippen LogP contribution in [-0.2, 0) is 4.79 Å². The Hall–Kier alpha value is -3.81. The van der Waals surface area contributed by atoms with Crippen LogP contribution in [0.1, 0.15) is 5.56 Å². The summed E-state index contributed by atoms with van der Waals surface area (Å²) >= 11 is 0. The number of nitrogens with zero attached hydrogens (tertiary/aromatic N) is 4. The van der Waals surface area contributed by atoms with Gasteiger partial charge in [-0.15, -0.1) is 0 Å². The summed E-state index contributed by atoms with van der Waals surface area (Å²) in [4.78, 5) is 26.6. The predicted octanol–water partition coefficient (Wildman–Crippen LogP) is 2.83. The van der Waals surface area contributed by atoms with E-state index in [2.05, 4.69) is 15.4 Å². The first-order chi connectivity index (χ1) is 12.1. The van der Waals surface area contributed by atoms with Crippen molar-refractivity contribution in [3.63, 3.8) is 0 Å². The second-order valence-electron chi connectivity index (χ2n) is 5.00. The summed E-state index contributed by atoms with van der Waals surface area (Å²) < 4.78 is 1.53. The number of nitrogens with one attached hydrogen (secondary N) is 1. The van der Waals surface area contributed by atoms with Crippen LogP contribution in [0.25, 0.3) is 11.8 Å². The number of aromatic nitrogens is 3. The first kappa shape index (κ1) is 16.1. The molecule has 0 saturated heterocycles. The molecule has 1 aromatic heterocycles. The molecule has 3 rings (SSSR count). The molecule has 124 valence electrons. The van der Waals surface area contributed by atoms with E-state index in [9.17, 15) is 14.9 Å². The lowest BCUT2D eigenvalue weighted by Crippen LogP contribution is -2.10. The number of benzene rings is 2. The van der Waals surface area contributed by atoms with Gasteiger partial charge in [-0.3, -0.25) is 14.9 Å². The SMILES string of the molecule is O=C(/C=C/c1ccccc1[N+](=O)[O-])Nc1ccccc1-n1cncn1. The second kappa shape index (κ2) is 7.18.